The van der Waals surface area contributed by atoms with Gasteiger partial charge in [0.25, 0.3) is 0 Å². The third-order valence-corrected chi connectivity index (χ3v) is 2.08. The molecule has 1 heterocycles. The van der Waals surface area contributed by atoms with Crippen LogP contribution < -0.4 is 0 Å². The minimum atomic E-state index is 0.252. The second kappa shape index (κ2) is 2.98. The lowest BCUT2D eigenvalue weighted by Gasteiger charge is -2.31. The van der Waals surface area contributed by atoms with Crippen LogP contribution in [0.25, 0.3) is 0 Å². The number of ether oxygens (including phenoxy) is 1. The molecule has 0 saturated carbocycles. The fraction of sp³-hybridized carbons (Fsp3) is 0.800. The Morgan fingerprint density at radius 2 is 2.09 bits per heavy atom. The average molecular weight is 154 g/mol. The van der Waals surface area contributed by atoms with E-state index >= 15 is 0 Å². The summed E-state index contributed by atoms with van der Waals surface area (Å²) >= 11 is 0. The summed E-state index contributed by atoms with van der Waals surface area (Å²) in [4.78, 5) is 0. The van der Waals surface area contributed by atoms with E-state index in [9.17, 15) is 0 Å². The van der Waals surface area contributed by atoms with Gasteiger partial charge in [0, 0.05) is 0 Å². The monoisotopic (exact) mass is 154 g/mol. The Kier molecular flexibility index (Phi) is 2.38. The van der Waals surface area contributed by atoms with Crippen LogP contribution in [-0.2, 0) is 4.74 Å². The zero-order valence-corrected chi connectivity index (χ0v) is 7.98. The molecule has 0 radical (unpaired) electrons. The Bertz CT molecular complexity index is 162. The predicted molar refractivity (Wildman–Crippen MR) is 47.6 cm³/mol. The first-order valence-electron chi connectivity index (χ1n) is 4.29. The summed E-state index contributed by atoms with van der Waals surface area (Å²) in [6.07, 6.45) is 3.67. The van der Waals surface area contributed by atoms with Gasteiger partial charge in [-0.2, -0.15) is 0 Å². The number of hydrogen-bond donors (Lipinski definition) is 0. The maximum atomic E-state index is 5.64. The van der Waals surface area contributed by atoms with Crippen LogP contribution in [0, 0.1) is 5.41 Å². The van der Waals surface area contributed by atoms with Crippen molar-refractivity contribution in [1.82, 2.24) is 0 Å². The van der Waals surface area contributed by atoms with Crippen LogP contribution in [0.2, 0.25) is 0 Å². The normalized spacial score (nSPS) is 26.5. The number of rotatable bonds is 0. The lowest BCUT2D eigenvalue weighted by molar-refractivity contribution is 0.00781. The molecule has 0 saturated heterocycles. The highest BCUT2D eigenvalue weighted by Crippen LogP contribution is 2.27. The SMILES string of the molecule is CC1=CC(C(C)(C)C)OCC1. The molecule has 0 fully saturated rings. The highest BCUT2D eigenvalue weighted by molar-refractivity contribution is 5.07. The van der Waals surface area contributed by atoms with Crippen LogP contribution in [0.3, 0.4) is 0 Å². The molecule has 1 aliphatic heterocycles. The third kappa shape index (κ3) is 2.33. The van der Waals surface area contributed by atoms with Gasteiger partial charge in [-0.05, 0) is 18.8 Å². The molecule has 1 rings (SSSR count). The fourth-order valence-corrected chi connectivity index (χ4v) is 1.24. The summed E-state index contributed by atoms with van der Waals surface area (Å²) in [5.41, 5.74) is 1.72. The van der Waals surface area contributed by atoms with Crippen LogP contribution >= 0.6 is 0 Å². The van der Waals surface area contributed by atoms with Crippen molar-refractivity contribution >= 4 is 0 Å². The summed E-state index contributed by atoms with van der Waals surface area (Å²) < 4.78 is 5.64. The molecule has 0 amide bonds. The van der Waals surface area contributed by atoms with Gasteiger partial charge in [-0.25, -0.2) is 0 Å². The van der Waals surface area contributed by atoms with E-state index in [0.29, 0.717) is 6.10 Å². The van der Waals surface area contributed by atoms with Crippen molar-refractivity contribution < 1.29 is 4.74 Å². The summed E-state index contributed by atoms with van der Waals surface area (Å²) in [5, 5.41) is 0. The molecule has 0 bridgehead atoms. The van der Waals surface area contributed by atoms with Crippen molar-refractivity contribution in [3.8, 4) is 0 Å². The van der Waals surface area contributed by atoms with E-state index in [1.807, 2.05) is 0 Å². The smallest absolute Gasteiger partial charge is 0.0806 e. The molecule has 1 atom stereocenters. The van der Waals surface area contributed by atoms with Crippen LogP contribution in [0.15, 0.2) is 11.6 Å². The molecule has 11 heavy (non-hydrogen) atoms. The Morgan fingerprint density at radius 3 is 2.45 bits per heavy atom. The first-order chi connectivity index (χ1) is 5.00. The van der Waals surface area contributed by atoms with Gasteiger partial charge in [0.05, 0.1) is 12.7 Å². The summed E-state index contributed by atoms with van der Waals surface area (Å²) in [6, 6.07) is 0. The second-order valence-corrected chi connectivity index (χ2v) is 4.42. The maximum Gasteiger partial charge on any atom is 0.0806 e. The molecule has 0 aromatic heterocycles. The molecule has 1 unspecified atom stereocenters. The lowest BCUT2D eigenvalue weighted by atomic mass is 9.86. The van der Waals surface area contributed by atoms with Crippen molar-refractivity contribution in [3.63, 3.8) is 0 Å². The minimum Gasteiger partial charge on any atom is -0.373 e. The molecule has 0 N–H and O–H groups in total. The third-order valence-electron chi connectivity index (χ3n) is 2.08. The van der Waals surface area contributed by atoms with E-state index in [0.717, 1.165) is 13.0 Å². The van der Waals surface area contributed by atoms with E-state index < -0.39 is 0 Å². The maximum absolute atomic E-state index is 5.64. The van der Waals surface area contributed by atoms with Gasteiger partial charge in [-0.15, -0.1) is 0 Å². The topological polar surface area (TPSA) is 9.23 Å². The fourth-order valence-electron chi connectivity index (χ4n) is 1.24. The van der Waals surface area contributed by atoms with Crippen molar-refractivity contribution in [3.05, 3.63) is 11.6 Å². The van der Waals surface area contributed by atoms with Crippen molar-refractivity contribution in [2.24, 2.45) is 5.41 Å². The molecule has 1 nitrogen and oxygen atoms in total. The van der Waals surface area contributed by atoms with E-state index in [2.05, 4.69) is 33.8 Å². The van der Waals surface area contributed by atoms with Crippen LogP contribution in [-0.4, -0.2) is 12.7 Å². The summed E-state index contributed by atoms with van der Waals surface area (Å²) in [7, 11) is 0. The van der Waals surface area contributed by atoms with E-state index in [4.69, 9.17) is 4.74 Å². The minimum absolute atomic E-state index is 0.252. The highest BCUT2D eigenvalue weighted by Gasteiger charge is 2.25. The van der Waals surface area contributed by atoms with Crippen molar-refractivity contribution in [2.75, 3.05) is 6.61 Å². The molecule has 1 aliphatic rings. The van der Waals surface area contributed by atoms with Crippen LogP contribution in [0.1, 0.15) is 34.1 Å². The standard InChI is InChI=1S/C10H18O/c1-8-5-6-11-9(7-8)10(2,3)4/h7,9H,5-6H2,1-4H3. The Balaban J connectivity index is 2.67. The van der Waals surface area contributed by atoms with Gasteiger partial charge in [-0.3, -0.25) is 0 Å². The van der Waals surface area contributed by atoms with Gasteiger partial charge >= 0.3 is 0 Å². The zero-order chi connectivity index (χ0) is 8.48. The molecular weight excluding hydrogens is 136 g/mol. The molecule has 64 valence electrons. The van der Waals surface area contributed by atoms with Gasteiger partial charge < -0.3 is 4.74 Å². The summed E-state index contributed by atoms with van der Waals surface area (Å²) in [6.45, 7) is 9.72. The second-order valence-electron chi connectivity index (χ2n) is 4.42. The van der Waals surface area contributed by atoms with E-state index in [1.54, 1.807) is 0 Å². The highest BCUT2D eigenvalue weighted by atomic mass is 16.5. The molecule has 0 aliphatic carbocycles. The molecular formula is C10H18O. The van der Waals surface area contributed by atoms with Crippen molar-refractivity contribution in [1.29, 1.82) is 0 Å². The lowest BCUT2D eigenvalue weighted by Crippen LogP contribution is -2.30. The van der Waals surface area contributed by atoms with Crippen LogP contribution in [0.4, 0.5) is 0 Å². The molecule has 0 aromatic carbocycles. The average Bonchev–Trinajstić information content (AvgIpc) is 1.86. The van der Waals surface area contributed by atoms with Gasteiger partial charge in [0.15, 0.2) is 0 Å². The Hall–Kier alpha value is -0.300. The summed E-state index contributed by atoms with van der Waals surface area (Å²) in [5.74, 6) is 0. The Labute approximate surface area is 69.4 Å². The molecule has 1 heteroatoms. The molecule has 0 spiro atoms. The largest absolute Gasteiger partial charge is 0.373 e. The zero-order valence-electron chi connectivity index (χ0n) is 7.98. The van der Waals surface area contributed by atoms with Crippen LogP contribution in [0.5, 0.6) is 0 Å². The van der Waals surface area contributed by atoms with Gasteiger partial charge in [-0.1, -0.05) is 32.4 Å². The Morgan fingerprint density at radius 1 is 1.45 bits per heavy atom. The van der Waals surface area contributed by atoms with Crippen molar-refractivity contribution in [2.45, 2.75) is 40.2 Å². The van der Waals surface area contributed by atoms with E-state index in [-0.39, 0.29) is 5.41 Å². The van der Waals surface area contributed by atoms with E-state index in [1.165, 1.54) is 5.57 Å². The van der Waals surface area contributed by atoms with Gasteiger partial charge in [0.2, 0.25) is 0 Å². The predicted octanol–water partition coefficient (Wildman–Crippen LogP) is 2.77. The first kappa shape index (κ1) is 8.79. The van der Waals surface area contributed by atoms with Gasteiger partial charge in [0.1, 0.15) is 0 Å². The molecule has 0 aromatic rings. The quantitative estimate of drug-likeness (QED) is 0.487. The number of hydrogen-bond acceptors (Lipinski definition) is 1. The first-order valence-corrected chi connectivity index (χ1v) is 4.29.